The van der Waals surface area contributed by atoms with E-state index in [2.05, 4.69) is 6.07 Å². The highest BCUT2D eigenvalue weighted by Crippen LogP contribution is 2.23. The normalized spacial score (nSPS) is 11.4. The number of ether oxygens (including phenoxy) is 2. The molecule has 0 aromatic heterocycles. The first-order valence-corrected chi connectivity index (χ1v) is 6.03. The predicted molar refractivity (Wildman–Crippen MR) is 73.2 cm³/mol. The predicted octanol–water partition coefficient (Wildman–Crippen LogP) is 3.71. The van der Waals surface area contributed by atoms with E-state index in [1.165, 1.54) is 0 Å². The molecule has 19 heavy (non-hydrogen) atoms. The molecule has 0 heterocycles. The van der Waals surface area contributed by atoms with Crippen molar-refractivity contribution in [1.82, 2.24) is 0 Å². The van der Waals surface area contributed by atoms with E-state index in [-0.39, 0.29) is 6.10 Å². The molecule has 0 spiro atoms. The van der Waals surface area contributed by atoms with Crippen molar-refractivity contribution in [3.05, 3.63) is 59.7 Å². The van der Waals surface area contributed by atoms with E-state index >= 15 is 0 Å². The fourth-order valence-corrected chi connectivity index (χ4v) is 1.76. The van der Waals surface area contributed by atoms with Crippen molar-refractivity contribution in [3.63, 3.8) is 0 Å². The first-order valence-electron chi connectivity index (χ1n) is 6.03. The smallest absolute Gasteiger partial charge is 0.121 e. The Hall–Kier alpha value is -2.47. The summed E-state index contributed by atoms with van der Waals surface area (Å²) >= 11 is 0. The lowest BCUT2D eigenvalue weighted by molar-refractivity contribution is 0.227. The summed E-state index contributed by atoms with van der Waals surface area (Å²) in [6, 6.07) is 17.0. The van der Waals surface area contributed by atoms with Gasteiger partial charge in [-0.05, 0) is 48.9 Å². The van der Waals surface area contributed by atoms with Gasteiger partial charge in [0.15, 0.2) is 0 Å². The summed E-state index contributed by atoms with van der Waals surface area (Å²) in [6.45, 7) is 1.99. The van der Waals surface area contributed by atoms with E-state index in [0.29, 0.717) is 5.56 Å². The van der Waals surface area contributed by atoms with Crippen LogP contribution in [0.2, 0.25) is 0 Å². The highest BCUT2D eigenvalue weighted by molar-refractivity contribution is 5.35. The Morgan fingerprint density at radius 2 is 1.53 bits per heavy atom. The van der Waals surface area contributed by atoms with Gasteiger partial charge in [-0.15, -0.1) is 0 Å². The van der Waals surface area contributed by atoms with Crippen molar-refractivity contribution in [2.45, 2.75) is 13.0 Å². The third kappa shape index (κ3) is 3.26. The lowest BCUT2D eigenvalue weighted by atomic mass is 10.1. The highest BCUT2D eigenvalue weighted by Gasteiger charge is 2.07. The maximum Gasteiger partial charge on any atom is 0.121 e. The average Bonchev–Trinajstić information content (AvgIpc) is 2.48. The maximum absolute atomic E-state index is 8.74. The Morgan fingerprint density at radius 3 is 2.05 bits per heavy atom. The zero-order chi connectivity index (χ0) is 13.7. The van der Waals surface area contributed by atoms with Gasteiger partial charge in [-0.1, -0.05) is 12.1 Å². The van der Waals surface area contributed by atoms with Crippen LogP contribution in [0, 0.1) is 11.3 Å². The molecule has 0 radical (unpaired) electrons. The van der Waals surface area contributed by atoms with Gasteiger partial charge >= 0.3 is 0 Å². The molecule has 3 heteroatoms. The van der Waals surface area contributed by atoms with Gasteiger partial charge in [-0.25, -0.2) is 0 Å². The molecule has 0 fully saturated rings. The lowest BCUT2D eigenvalue weighted by Crippen LogP contribution is -2.02. The largest absolute Gasteiger partial charge is 0.497 e. The molecule has 0 saturated heterocycles. The average molecular weight is 253 g/mol. The Kier molecular flexibility index (Phi) is 4.04. The van der Waals surface area contributed by atoms with Gasteiger partial charge < -0.3 is 9.47 Å². The van der Waals surface area contributed by atoms with E-state index < -0.39 is 0 Å². The fraction of sp³-hybridized carbons (Fsp3) is 0.188. The Balaban J connectivity index is 2.06. The molecule has 1 unspecified atom stereocenters. The summed E-state index contributed by atoms with van der Waals surface area (Å²) in [5.41, 5.74) is 1.70. The molecule has 0 aliphatic carbocycles. The standard InChI is InChI=1S/C16H15NO2/c1-12(14-5-9-15(18-2)10-6-14)19-16-7-3-13(11-17)4-8-16/h3-10,12H,1-2H3. The summed E-state index contributed by atoms with van der Waals surface area (Å²) in [5.74, 6) is 1.58. The molecule has 96 valence electrons. The molecular weight excluding hydrogens is 238 g/mol. The highest BCUT2D eigenvalue weighted by atomic mass is 16.5. The van der Waals surface area contributed by atoms with Gasteiger partial charge in [0.2, 0.25) is 0 Å². The summed E-state index contributed by atoms with van der Waals surface area (Å²) in [5, 5.41) is 8.74. The molecule has 0 saturated carbocycles. The fourth-order valence-electron chi connectivity index (χ4n) is 1.76. The zero-order valence-electron chi connectivity index (χ0n) is 11.0. The number of methoxy groups -OCH3 is 1. The number of nitrogens with zero attached hydrogens (tertiary/aromatic N) is 1. The van der Waals surface area contributed by atoms with Crippen LogP contribution in [0.4, 0.5) is 0 Å². The number of nitriles is 1. The van der Waals surface area contributed by atoms with Crippen LogP contribution in [0.3, 0.4) is 0 Å². The third-order valence-electron chi connectivity index (χ3n) is 2.88. The van der Waals surface area contributed by atoms with Crippen molar-refractivity contribution in [3.8, 4) is 17.6 Å². The van der Waals surface area contributed by atoms with Gasteiger partial charge in [0.1, 0.15) is 17.6 Å². The zero-order valence-corrected chi connectivity index (χ0v) is 11.0. The molecule has 0 N–H and O–H groups in total. The van der Waals surface area contributed by atoms with E-state index in [4.69, 9.17) is 14.7 Å². The Bertz CT molecular complexity index is 567. The maximum atomic E-state index is 8.74. The molecule has 2 aromatic carbocycles. The first kappa shape index (κ1) is 13.0. The van der Waals surface area contributed by atoms with Crippen LogP contribution < -0.4 is 9.47 Å². The number of benzene rings is 2. The van der Waals surface area contributed by atoms with Crippen LogP contribution in [0.25, 0.3) is 0 Å². The van der Waals surface area contributed by atoms with Gasteiger partial charge in [0.05, 0.1) is 18.7 Å². The van der Waals surface area contributed by atoms with Crippen LogP contribution in [0.5, 0.6) is 11.5 Å². The monoisotopic (exact) mass is 253 g/mol. The van der Waals surface area contributed by atoms with Gasteiger partial charge in [0.25, 0.3) is 0 Å². The lowest BCUT2D eigenvalue weighted by Gasteiger charge is -2.15. The Morgan fingerprint density at radius 1 is 0.947 bits per heavy atom. The van der Waals surface area contributed by atoms with E-state index in [0.717, 1.165) is 17.1 Å². The number of hydrogen-bond donors (Lipinski definition) is 0. The summed E-state index contributed by atoms with van der Waals surface area (Å²) in [7, 11) is 1.64. The van der Waals surface area contributed by atoms with Crippen LogP contribution in [0.15, 0.2) is 48.5 Å². The van der Waals surface area contributed by atoms with Crippen LogP contribution in [-0.4, -0.2) is 7.11 Å². The summed E-state index contributed by atoms with van der Waals surface area (Å²) < 4.78 is 10.9. The third-order valence-corrected chi connectivity index (χ3v) is 2.88. The van der Waals surface area contributed by atoms with Crippen LogP contribution in [0.1, 0.15) is 24.2 Å². The molecule has 1 atom stereocenters. The van der Waals surface area contributed by atoms with Crippen molar-refractivity contribution >= 4 is 0 Å². The number of rotatable bonds is 4. The van der Waals surface area contributed by atoms with Crippen LogP contribution in [-0.2, 0) is 0 Å². The minimum absolute atomic E-state index is 0.0566. The van der Waals surface area contributed by atoms with Gasteiger partial charge in [0, 0.05) is 0 Å². The second kappa shape index (κ2) is 5.92. The molecule has 3 nitrogen and oxygen atoms in total. The van der Waals surface area contributed by atoms with E-state index in [9.17, 15) is 0 Å². The van der Waals surface area contributed by atoms with Crippen molar-refractivity contribution < 1.29 is 9.47 Å². The van der Waals surface area contributed by atoms with Crippen molar-refractivity contribution in [2.24, 2.45) is 0 Å². The molecule has 0 bridgehead atoms. The second-order valence-corrected chi connectivity index (χ2v) is 4.17. The van der Waals surface area contributed by atoms with E-state index in [1.807, 2.05) is 31.2 Å². The van der Waals surface area contributed by atoms with Gasteiger partial charge in [-0.3, -0.25) is 0 Å². The topological polar surface area (TPSA) is 42.2 Å². The Labute approximate surface area is 113 Å². The molecule has 2 rings (SSSR count). The van der Waals surface area contributed by atoms with Gasteiger partial charge in [-0.2, -0.15) is 5.26 Å². The molecular formula is C16H15NO2. The summed E-state index contributed by atoms with van der Waals surface area (Å²) in [6.07, 6.45) is -0.0566. The number of hydrogen-bond acceptors (Lipinski definition) is 3. The SMILES string of the molecule is COc1ccc(C(C)Oc2ccc(C#N)cc2)cc1. The molecule has 0 amide bonds. The molecule has 0 aliphatic rings. The minimum Gasteiger partial charge on any atom is -0.497 e. The molecule has 0 aliphatic heterocycles. The van der Waals surface area contributed by atoms with E-state index in [1.54, 1.807) is 31.4 Å². The van der Waals surface area contributed by atoms with Crippen molar-refractivity contribution in [1.29, 1.82) is 5.26 Å². The first-order chi connectivity index (χ1) is 9.22. The quantitative estimate of drug-likeness (QED) is 0.834. The van der Waals surface area contributed by atoms with Crippen LogP contribution >= 0.6 is 0 Å². The molecule has 2 aromatic rings. The minimum atomic E-state index is -0.0566. The van der Waals surface area contributed by atoms with Crippen molar-refractivity contribution in [2.75, 3.05) is 7.11 Å². The summed E-state index contributed by atoms with van der Waals surface area (Å²) in [4.78, 5) is 0. The second-order valence-electron chi connectivity index (χ2n) is 4.17.